The van der Waals surface area contributed by atoms with E-state index in [-0.39, 0.29) is 0 Å². The predicted octanol–water partition coefficient (Wildman–Crippen LogP) is 4.89. The second kappa shape index (κ2) is 8.59. The fourth-order valence-corrected chi connectivity index (χ4v) is 3.00. The van der Waals surface area contributed by atoms with Crippen LogP contribution in [-0.4, -0.2) is 16.0 Å². The lowest BCUT2D eigenvalue weighted by molar-refractivity contribution is 0.514. The Morgan fingerprint density at radius 3 is 2.50 bits per heavy atom. The normalized spacial score (nSPS) is 11.3. The molecule has 0 bridgehead atoms. The van der Waals surface area contributed by atoms with Gasteiger partial charge in [0.25, 0.3) is 0 Å². The molecule has 1 aromatic heterocycles. The highest BCUT2D eigenvalue weighted by Gasteiger charge is 2.09. The topological polar surface area (TPSA) is 42.2 Å². The van der Waals surface area contributed by atoms with Gasteiger partial charge in [-0.15, -0.1) is 0 Å². The van der Waals surface area contributed by atoms with Crippen molar-refractivity contribution in [1.29, 1.82) is 0 Å². The lowest BCUT2D eigenvalue weighted by atomic mass is 10.1. The molecule has 3 aromatic rings. The van der Waals surface area contributed by atoms with Gasteiger partial charge in [0.15, 0.2) is 5.82 Å². The molecule has 26 heavy (non-hydrogen) atoms. The molecule has 2 aromatic carbocycles. The van der Waals surface area contributed by atoms with Gasteiger partial charge in [-0.2, -0.15) is 5.10 Å². The molecule has 134 valence electrons. The first-order valence-electron chi connectivity index (χ1n) is 9.12. The second-order valence-corrected chi connectivity index (χ2v) is 6.35. The fraction of sp³-hybridized carbons (Fsp3) is 0.273. The lowest BCUT2D eigenvalue weighted by Gasteiger charge is -2.10. The van der Waals surface area contributed by atoms with Gasteiger partial charge >= 0.3 is 0 Å². The molecule has 0 saturated carbocycles. The number of aromatic nitrogens is 2. The average molecular weight is 346 g/mol. The Bertz CT molecular complexity index is 875. The van der Waals surface area contributed by atoms with Gasteiger partial charge in [-0.25, -0.2) is 9.67 Å². The SMILES string of the molecule is CC=Nc1cc(-c2ccc(C)cc2)nn1CNCc1ccccc1CC. The monoisotopic (exact) mass is 346 g/mol. The van der Waals surface area contributed by atoms with E-state index in [4.69, 9.17) is 5.10 Å². The van der Waals surface area contributed by atoms with Crippen LogP contribution >= 0.6 is 0 Å². The van der Waals surface area contributed by atoms with E-state index in [1.807, 2.05) is 17.7 Å². The molecule has 4 heteroatoms. The number of hydrogen-bond donors (Lipinski definition) is 1. The molecule has 0 aliphatic heterocycles. The van der Waals surface area contributed by atoms with Crippen molar-refractivity contribution in [2.75, 3.05) is 0 Å². The Labute approximate surface area is 155 Å². The lowest BCUT2D eigenvalue weighted by Crippen LogP contribution is -2.19. The predicted molar refractivity (Wildman–Crippen MR) is 109 cm³/mol. The van der Waals surface area contributed by atoms with E-state index in [2.05, 4.69) is 72.7 Å². The zero-order valence-electron chi connectivity index (χ0n) is 15.7. The van der Waals surface area contributed by atoms with Crippen molar-refractivity contribution >= 4 is 12.0 Å². The van der Waals surface area contributed by atoms with E-state index in [9.17, 15) is 0 Å². The molecule has 0 fully saturated rings. The van der Waals surface area contributed by atoms with Gasteiger partial charge in [-0.05, 0) is 31.4 Å². The summed E-state index contributed by atoms with van der Waals surface area (Å²) in [5.41, 5.74) is 6.02. The molecule has 0 aliphatic rings. The average Bonchev–Trinajstić information content (AvgIpc) is 3.06. The van der Waals surface area contributed by atoms with Crippen LogP contribution in [0.3, 0.4) is 0 Å². The van der Waals surface area contributed by atoms with Crippen molar-refractivity contribution in [2.24, 2.45) is 4.99 Å². The number of nitrogens with one attached hydrogen (secondary N) is 1. The van der Waals surface area contributed by atoms with E-state index < -0.39 is 0 Å². The third-order valence-electron chi connectivity index (χ3n) is 4.44. The molecule has 3 rings (SSSR count). The summed E-state index contributed by atoms with van der Waals surface area (Å²) in [6.07, 6.45) is 2.85. The first-order chi connectivity index (χ1) is 12.7. The van der Waals surface area contributed by atoms with Crippen molar-refractivity contribution in [3.05, 3.63) is 71.3 Å². The van der Waals surface area contributed by atoms with Gasteiger partial charge < -0.3 is 0 Å². The third kappa shape index (κ3) is 4.27. The van der Waals surface area contributed by atoms with Gasteiger partial charge in [0, 0.05) is 24.4 Å². The van der Waals surface area contributed by atoms with Gasteiger partial charge in [-0.3, -0.25) is 5.32 Å². The van der Waals surface area contributed by atoms with Crippen LogP contribution in [0.25, 0.3) is 11.3 Å². The standard InChI is InChI=1S/C22H26N4/c1-4-18-8-6-7-9-20(18)15-23-16-26-22(24-5-2)14-21(25-26)19-12-10-17(3)11-13-19/h5-14,23H,4,15-16H2,1-3H3. The summed E-state index contributed by atoms with van der Waals surface area (Å²) < 4.78 is 1.92. The van der Waals surface area contributed by atoms with E-state index in [1.54, 1.807) is 6.21 Å². The number of hydrogen-bond acceptors (Lipinski definition) is 3. The molecule has 0 saturated heterocycles. The highest BCUT2D eigenvalue weighted by molar-refractivity contribution is 5.65. The number of rotatable bonds is 7. The van der Waals surface area contributed by atoms with Crippen molar-refractivity contribution in [3.8, 4) is 11.3 Å². The Morgan fingerprint density at radius 1 is 1.08 bits per heavy atom. The zero-order chi connectivity index (χ0) is 18.4. The molecule has 4 nitrogen and oxygen atoms in total. The van der Waals surface area contributed by atoms with Crippen LogP contribution in [0.5, 0.6) is 0 Å². The first kappa shape index (κ1) is 18.1. The highest BCUT2D eigenvalue weighted by atomic mass is 15.4. The fourth-order valence-electron chi connectivity index (χ4n) is 3.00. The van der Waals surface area contributed by atoms with Crippen molar-refractivity contribution < 1.29 is 0 Å². The van der Waals surface area contributed by atoms with Crippen LogP contribution in [0.15, 0.2) is 59.6 Å². The molecule has 1 heterocycles. The van der Waals surface area contributed by atoms with Crippen molar-refractivity contribution in [2.45, 2.75) is 40.4 Å². The van der Waals surface area contributed by atoms with Crippen molar-refractivity contribution in [3.63, 3.8) is 0 Å². The van der Waals surface area contributed by atoms with Gasteiger partial charge in [0.05, 0.1) is 12.4 Å². The Kier molecular flexibility index (Phi) is 5.97. The maximum atomic E-state index is 4.74. The Morgan fingerprint density at radius 2 is 1.81 bits per heavy atom. The minimum absolute atomic E-state index is 0.622. The maximum absolute atomic E-state index is 4.74. The van der Waals surface area contributed by atoms with Crippen LogP contribution in [0.1, 0.15) is 30.5 Å². The van der Waals surface area contributed by atoms with E-state index in [0.717, 1.165) is 30.0 Å². The summed E-state index contributed by atoms with van der Waals surface area (Å²) in [6, 6.07) is 19.0. The summed E-state index contributed by atoms with van der Waals surface area (Å²) in [5, 5.41) is 8.23. The van der Waals surface area contributed by atoms with Crippen LogP contribution in [0, 0.1) is 6.92 Å². The van der Waals surface area contributed by atoms with E-state index in [1.165, 1.54) is 16.7 Å². The minimum atomic E-state index is 0.622. The summed E-state index contributed by atoms with van der Waals surface area (Å²) >= 11 is 0. The minimum Gasteiger partial charge on any atom is -0.294 e. The summed E-state index contributed by atoms with van der Waals surface area (Å²) in [5.74, 6) is 0.861. The number of aliphatic imine (C=N–C) groups is 1. The van der Waals surface area contributed by atoms with Crippen LogP contribution < -0.4 is 5.32 Å². The Balaban J connectivity index is 1.75. The second-order valence-electron chi connectivity index (χ2n) is 6.35. The molecule has 0 unspecified atom stereocenters. The largest absolute Gasteiger partial charge is 0.294 e. The van der Waals surface area contributed by atoms with Crippen LogP contribution in [-0.2, 0) is 19.6 Å². The summed E-state index contributed by atoms with van der Waals surface area (Å²) in [7, 11) is 0. The number of aryl methyl sites for hydroxylation is 2. The molecule has 0 spiro atoms. The van der Waals surface area contributed by atoms with Crippen LogP contribution in [0.4, 0.5) is 5.82 Å². The summed E-state index contributed by atoms with van der Waals surface area (Å²) in [6.45, 7) is 7.64. The smallest absolute Gasteiger partial charge is 0.151 e. The molecule has 0 amide bonds. The molecule has 0 aliphatic carbocycles. The summed E-state index contributed by atoms with van der Waals surface area (Å²) in [4.78, 5) is 4.47. The third-order valence-corrected chi connectivity index (χ3v) is 4.44. The molecular formula is C22H26N4. The quantitative estimate of drug-likeness (QED) is 0.619. The van der Waals surface area contributed by atoms with Gasteiger partial charge in [0.1, 0.15) is 0 Å². The Hall–Kier alpha value is -2.72. The molecule has 0 atom stereocenters. The van der Waals surface area contributed by atoms with Gasteiger partial charge in [-0.1, -0.05) is 61.0 Å². The van der Waals surface area contributed by atoms with Gasteiger partial charge in [0.2, 0.25) is 0 Å². The van der Waals surface area contributed by atoms with E-state index in [0.29, 0.717) is 6.67 Å². The molecule has 0 radical (unpaired) electrons. The first-order valence-corrected chi connectivity index (χ1v) is 9.12. The highest BCUT2D eigenvalue weighted by Crippen LogP contribution is 2.23. The molecule has 1 N–H and O–H groups in total. The number of nitrogens with zero attached hydrogens (tertiary/aromatic N) is 3. The zero-order valence-corrected chi connectivity index (χ0v) is 15.7. The number of benzene rings is 2. The van der Waals surface area contributed by atoms with E-state index >= 15 is 0 Å². The molecular weight excluding hydrogens is 320 g/mol. The maximum Gasteiger partial charge on any atom is 0.151 e. The van der Waals surface area contributed by atoms with Crippen LogP contribution in [0.2, 0.25) is 0 Å². The van der Waals surface area contributed by atoms with Crippen molar-refractivity contribution in [1.82, 2.24) is 15.1 Å².